The number of amides is 1. The Balaban J connectivity index is 1.30. The maximum absolute atomic E-state index is 12.6. The lowest BCUT2D eigenvalue weighted by Gasteiger charge is -2.09. The summed E-state index contributed by atoms with van der Waals surface area (Å²) < 4.78 is 1.86. The summed E-state index contributed by atoms with van der Waals surface area (Å²) in [5.74, 6) is -0.0962. The van der Waals surface area contributed by atoms with Crippen LogP contribution in [0, 0.1) is 0 Å². The van der Waals surface area contributed by atoms with E-state index in [0.717, 1.165) is 17.7 Å². The van der Waals surface area contributed by atoms with Crippen molar-refractivity contribution in [3.05, 3.63) is 107 Å². The maximum atomic E-state index is 12.6. The van der Waals surface area contributed by atoms with Gasteiger partial charge < -0.3 is 5.32 Å². The number of hydrogen-bond donors (Lipinski definition) is 1. The van der Waals surface area contributed by atoms with Gasteiger partial charge in [-0.3, -0.25) is 9.48 Å². The fourth-order valence-corrected chi connectivity index (χ4v) is 3.77. The molecule has 1 amide bonds. The number of aromatic nitrogens is 2. The molecule has 0 spiro atoms. The van der Waals surface area contributed by atoms with Crippen LogP contribution in [0.4, 0.5) is 5.69 Å². The molecule has 0 bridgehead atoms. The first-order valence-corrected chi connectivity index (χ1v) is 9.35. The number of fused-ring (bicyclic) bond motifs is 3. The number of anilines is 1. The van der Waals surface area contributed by atoms with Crippen LogP contribution in [0.15, 0.2) is 85.2 Å². The first-order chi connectivity index (χ1) is 13.8. The molecule has 0 atom stereocenters. The smallest absolute Gasteiger partial charge is 0.255 e. The Kier molecular flexibility index (Phi) is 4.02. The Bertz CT molecular complexity index is 1140. The first kappa shape index (κ1) is 16.5. The molecule has 28 heavy (non-hydrogen) atoms. The van der Waals surface area contributed by atoms with Crippen LogP contribution in [0.3, 0.4) is 0 Å². The second kappa shape index (κ2) is 6.82. The Morgan fingerprint density at radius 3 is 2.57 bits per heavy atom. The minimum Gasteiger partial charge on any atom is -0.322 e. The van der Waals surface area contributed by atoms with Crippen molar-refractivity contribution in [1.29, 1.82) is 0 Å². The molecular formula is C24H19N3O. The van der Waals surface area contributed by atoms with Crippen LogP contribution in [-0.2, 0) is 13.0 Å². The molecule has 136 valence electrons. The number of nitrogens with one attached hydrogen (secondary N) is 1. The highest BCUT2D eigenvalue weighted by molar-refractivity contribution is 6.04. The van der Waals surface area contributed by atoms with E-state index in [4.69, 9.17) is 0 Å². The summed E-state index contributed by atoms with van der Waals surface area (Å²) in [5.41, 5.74) is 7.74. The standard InChI is InChI=1S/C24H19N3O/c28-24(18-8-6-17(7-9-18)16-27-13-3-12-25-27)26-21-10-11-23-20(15-21)14-19-4-1-2-5-22(19)23/h1-13,15H,14,16H2,(H,26,28). The Labute approximate surface area is 163 Å². The molecule has 1 aliphatic carbocycles. The Hall–Kier alpha value is -3.66. The van der Waals surface area contributed by atoms with Gasteiger partial charge in [-0.15, -0.1) is 0 Å². The van der Waals surface area contributed by atoms with Crippen LogP contribution < -0.4 is 5.32 Å². The fraction of sp³-hybridized carbons (Fsp3) is 0.0833. The molecule has 4 heteroatoms. The van der Waals surface area contributed by atoms with Crippen molar-refractivity contribution in [2.24, 2.45) is 0 Å². The van der Waals surface area contributed by atoms with E-state index in [-0.39, 0.29) is 5.91 Å². The largest absolute Gasteiger partial charge is 0.322 e. The van der Waals surface area contributed by atoms with Crippen LogP contribution >= 0.6 is 0 Å². The summed E-state index contributed by atoms with van der Waals surface area (Å²) >= 11 is 0. The van der Waals surface area contributed by atoms with E-state index < -0.39 is 0 Å². The molecule has 4 nitrogen and oxygen atoms in total. The lowest BCUT2D eigenvalue weighted by atomic mass is 10.1. The molecular weight excluding hydrogens is 346 g/mol. The van der Waals surface area contributed by atoms with Crippen LogP contribution in [0.5, 0.6) is 0 Å². The van der Waals surface area contributed by atoms with Crippen molar-refractivity contribution in [3.8, 4) is 11.1 Å². The lowest BCUT2D eigenvalue weighted by Crippen LogP contribution is -2.12. The zero-order valence-corrected chi connectivity index (χ0v) is 15.3. The van der Waals surface area contributed by atoms with Gasteiger partial charge in [-0.2, -0.15) is 5.10 Å². The monoisotopic (exact) mass is 365 g/mol. The quantitative estimate of drug-likeness (QED) is 0.499. The summed E-state index contributed by atoms with van der Waals surface area (Å²) in [4.78, 5) is 12.6. The van der Waals surface area contributed by atoms with E-state index in [1.54, 1.807) is 6.20 Å². The normalized spacial score (nSPS) is 11.7. The molecule has 1 heterocycles. The molecule has 5 rings (SSSR count). The molecule has 1 N–H and O–H groups in total. The lowest BCUT2D eigenvalue weighted by molar-refractivity contribution is 0.102. The molecule has 0 unspecified atom stereocenters. The molecule has 0 saturated carbocycles. The summed E-state index contributed by atoms with van der Waals surface area (Å²) in [6.45, 7) is 0.695. The number of carbonyl (C=O) groups is 1. The van der Waals surface area contributed by atoms with Crippen molar-refractivity contribution < 1.29 is 4.79 Å². The van der Waals surface area contributed by atoms with Crippen molar-refractivity contribution >= 4 is 11.6 Å². The van der Waals surface area contributed by atoms with Gasteiger partial charge in [-0.05, 0) is 64.6 Å². The van der Waals surface area contributed by atoms with E-state index in [1.165, 1.54) is 22.3 Å². The fourth-order valence-electron chi connectivity index (χ4n) is 3.77. The molecule has 0 radical (unpaired) electrons. The van der Waals surface area contributed by atoms with E-state index in [9.17, 15) is 4.79 Å². The average molecular weight is 365 g/mol. The van der Waals surface area contributed by atoms with Crippen molar-refractivity contribution in [1.82, 2.24) is 9.78 Å². The Morgan fingerprint density at radius 2 is 1.75 bits per heavy atom. The van der Waals surface area contributed by atoms with E-state index in [2.05, 4.69) is 46.8 Å². The van der Waals surface area contributed by atoms with Crippen molar-refractivity contribution in [3.63, 3.8) is 0 Å². The number of benzene rings is 3. The van der Waals surface area contributed by atoms with Crippen LogP contribution in [0.1, 0.15) is 27.0 Å². The number of hydrogen-bond acceptors (Lipinski definition) is 2. The molecule has 3 aromatic carbocycles. The molecule has 0 aliphatic heterocycles. The molecule has 1 aromatic heterocycles. The zero-order chi connectivity index (χ0) is 18.9. The third-order valence-corrected chi connectivity index (χ3v) is 5.17. The first-order valence-electron chi connectivity index (χ1n) is 9.35. The van der Waals surface area contributed by atoms with Gasteiger partial charge in [0.2, 0.25) is 0 Å². The van der Waals surface area contributed by atoms with Gasteiger partial charge in [0.1, 0.15) is 0 Å². The predicted octanol–water partition coefficient (Wildman–Crippen LogP) is 4.75. The second-order valence-electron chi connectivity index (χ2n) is 7.06. The predicted molar refractivity (Wildman–Crippen MR) is 110 cm³/mol. The summed E-state index contributed by atoms with van der Waals surface area (Å²) in [5, 5.41) is 7.23. The van der Waals surface area contributed by atoms with Gasteiger partial charge in [-0.25, -0.2) is 0 Å². The molecule has 0 saturated heterocycles. The van der Waals surface area contributed by atoms with E-state index in [1.807, 2.05) is 47.3 Å². The summed E-state index contributed by atoms with van der Waals surface area (Å²) in [7, 11) is 0. The summed E-state index contributed by atoms with van der Waals surface area (Å²) in [6, 6.07) is 24.2. The number of rotatable bonds is 4. The van der Waals surface area contributed by atoms with Crippen molar-refractivity contribution in [2.45, 2.75) is 13.0 Å². The van der Waals surface area contributed by atoms with Crippen molar-refractivity contribution in [2.75, 3.05) is 5.32 Å². The molecule has 0 fully saturated rings. The van der Waals surface area contributed by atoms with Gasteiger partial charge in [0, 0.05) is 23.6 Å². The Morgan fingerprint density at radius 1 is 0.929 bits per heavy atom. The third kappa shape index (κ3) is 3.09. The highest BCUT2D eigenvalue weighted by Crippen LogP contribution is 2.37. The van der Waals surface area contributed by atoms with Crippen LogP contribution in [0.2, 0.25) is 0 Å². The third-order valence-electron chi connectivity index (χ3n) is 5.17. The second-order valence-corrected chi connectivity index (χ2v) is 7.06. The summed E-state index contributed by atoms with van der Waals surface area (Å²) in [6.07, 6.45) is 4.60. The number of carbonyl (C=O) groups excluding carboxylic acids is 1. The minimum absolute atomic E-state index is 0.0962. The van der Waals surface area contributed by atoms with Gasteiger partial charge >= 0.3 is 0 Å². The maximum Gasteiger partial charge on any atom is 0.255 e. The zero-order valence-electron chi connectivity index (χ0n) is 15.3. The number of nitrogens with zero attached hydrogens (tertiary/aromatic N) is 2. The van der Waals surface area contributed by atoms with E-state index in [0.29, 0.717) is 12.1 Å². The highest BCUT2D eigenvalue weighted by Gasteiger charge is 2.18. The van der Waals surface area contributed by atoms with Gasteiger partial charge in [0.15, 0.2) is 0 Å². The molecule has 1 aliphatic rings. The average Bonchev–Trinajstić information content (AvgIpc) is 3.35. The van der Waals surface area contributed by atoms with Crippen LogP contribution in [-0.4, -0.2) is 15.7 Å². The van der Waals surface area contributed by atoms with Gasteiger partial charge in [0.25, 0.3) is 5.91 Å². The van der Waals surface area contributed by atoms with Gasteiger partial charge in [0.05, 0.1) is 6.54 Å². The van der Waals surface area contributed by atoms with Gasteiger partial charge in [-0.1, -0.05) is 42.5 Å². The van der Waals surface area contributed by atoms with E-state index >= 15 is 0 Å². The van der Waals surface area contributed by atoms with Crippen LogP contribution in [0.25, 0.3) is 11.1 Å². The minimum atomic E-state index is -0.0962. The topological polar surface area (TPSA) is 46.9 Å². The SMILES string of the molecule is O=C(Nc1ccc2c(c1)Cc1ccccc1-2)c1ccc(Cn2cccn2)cc1. The highest BCUT2D eigenvalue weighted by atomic mass is 16.1. The molecule has 4 aromatic rings.